The van der Waals surface area contributed by atoms with Gasteiger partial charge in [-0.2, -0.15) is 0 Å². The summed E-state index contributed by atoms with van der Waals surface area (Å²) in [5.74, 6) is 0.0593. The largest absolute Gasteiger partial charge is 0.332 e. The van der Waals surface area contributed by atoms with E-state index in [4.69, 9.17) is 0 Å². The summed E-state index contributed by atoms with van der Waals surface area (Å²) >= 11 is 1.47. The van der Waals surface area contributed by atoms with Crippen LogP contribution in [0.2, 0.25) is 0 Å². The maximum Gasteiger partial charge on any atom is 0.264 e. The molecule has 0 saturated carbocycles. The number of nitrogens with zero attached hydrogens (tertiary/aromatic N) is 3. The summed E-state index contributed by atoms with van der Waals surface area (Å²) in [4.78, 5) is 37.7. The first-order valence-corrected chi connectivity index (χ1v) is 8.68. The molecule has 0 aliphatic heterocycles. The number of nitrogens with one attached hydrogen (secondary N) is 1. The van der Waals surface area contributed by atoms with Crippen LogP contribution in [0.15, 0.2) is 46.8 Å². The number of hydrogen-bond acceptors (Lipinski definition) is 5. The Hall–Kier alpha value is -2.80. The van der Waals surface area contributed by atoms with Crippen molar-refractivity contribution in [1.29, 1.82) is 0 Å². The number of rotatable bonds is 4. The fraction of sp³-hybridized carbons (Fsp3) is 0.222. The third-order valence-electron chi connectivity index (χ3n) is 4.06. The van der Waals surface area contributed by atoms with Crippen molar-refractivity contribution in [3.8, 4) is 11.4 Å². The van der Waals surface area contributed by atoms with Crippen molar-refractivity contribution < 1.29 is 4.79 Å². The number of hydrogen-bond donors (Lipinski definition) is 1. The van der Waals surface area contributed by atoms with E-state index < -0.39 is 5.56 Å². The van der Waals surface area contributed by atoms with Crippen LogP contribution < -0.4 is 5.56 Å². The van der Waals surface area contributed by atoms with Crippen molar-refractivity contribution in [3.05, 3.63) is 68.5 Å². The maximum atomic E-state index is 12.6. The quantitative estimate of drug-likeness (QED) is 0.781. The van der Waals surface area contributed by atoms with Gasteiger partial charge >= 0.3 is 0 Å². The third kappa shape index (κ3) is 3.51. The molecule has 0 radical (unpaired) electrons. The number of amides is 1. The summed E-state index contributed by atoms with van der Waals surface area (Å²) in [6, 6.07) is 7.43. The second-order valence-electron chi connectivity index (χ2n) is 5.80. The van der Waals surface area contributed by atoms with Crippen molar-refractivity contribution >= 4 is 17.2 Å². The first kappa shape index (κ1) is 17.0. The lowest BCUT2D eigenvalue weighted by Crippen LogP contribution is -2.34. The lowest BCUT2D eigenvalue weighted by atomic mass is 10.1. The van der Waals surface area contributed by atoms with Gasteiger partial charge in [-0.15, -0.1) is 11.3 Å². The zero-order valence-electron chi connectivity index (χ0n) is 14.2. The van der Waals surface area contributed by atoms with E-state index >= 15 is 0 Å². The Morgan fingerprint density at radius 2 is 1.96 bits per heavy atom. The molecule has 3 rings (SSSR count). The monoisotopic (exact) mass is 354 g/mol. The number of benzene rings is 1. The molecule has 0 aliphatic carbocycles. The Balaban J connectivity index is 1.86. The second kappa shape index (κ2) is 6.98. The lowest BCUT2D eigenvalue weighted by Gasteiger charge is -2.22. The van der Waals surface area contributed by atoms with Crippen molar-refractivity contribution in [3.63, 3.8) is 0 Å². The standard InChI is InChI=1S/C18H18N4O2S/c1-11-4-6-13(7-5-11)15-20-10-14(16(23)21-15)18(24)22(3)12(2)17-19-8-9-25-17/h4-10,12H,1-3H3,(H,20,21,23)/t12-/m1/s1. The Morgan fingerprint density at radius 3 is 2.56 bits per heavy atom. The topological polar surface area (TPSA) is 79.0 Å². The number of aromatic nitrogens is 3. The average molecular weight is 354 g/mol. The highest BCUT2D eigenvalue weighted by molar-refractivity contribution is 7.09. The summed E-state index contributed by atoms with van der Waals surface area (Å²) < 4.78 is 0. The first-order valence-electron chi connectivity index (χ1n) is 7.80. The van der Waals surface area contributed by atoms with Gasteiger partial charge in [0.15, 0.2) is 0 Å². The molecule has 25 heavy (non-hydrogen) atoms. The maximum absolute atomic E-state index is 12.6. The number of carbonyl (C=O) groups is 1. The van der Waals surface area contributed by atoms with E-state index in [9.17, 15) is 9.59 Å². The molecule has 0 spiro atoms. The molecular weight excluding hydrogens is 336 g/mol. The van der Waals surface area contributed by atoms with Crippen molar-refractivity contribution in [2.75, 3.05) is 7.05 Å². The molecule has 2 heterocycles. The molecule has 6 nitrogen and oxygen atoms in total. The van der Waals surface area contributed by atoms with E-state index in [2.05, 4.69) is 15.0 Å². The molecule has 1 N–H and O–H groups in total. The van der Waals surface area contributed by atoms with Crippen molar-refractivity contribution in [2.45, 2.75) is 19.9 Å². The SMILES string of the molecule is Cc1ccc(-c2ncc(C(=O)N(C)[C@H](C)c3nccs3)c(=O)[nH]2)cc1. The number of thiazole rings is 1. The first-order chi connectivity index (χ1) is 12.0. The highest BCUT2D eigenvalue weighted by Crippen LogP contribution is 2.22. The van der Waals surface area contributed by atoms with Gasteiger partial charge in [0.2, 0.25) is 0 Å². The van der Waals surface area contributed by atoms with Crippen LogP contribution in [0, 0.1) is 6.92 Å². The second-order valence-corrected chi connectivity index (χ2v) is 6.73. The van der Waals surface area contributed by atoms with Gasteiger partial charge in [-0.3, -0.25) is 9.59 Å². The summed E-state index contributed by atoms with van der Waals surface area (Å²) in [5.41, 5.74) is 1.48. The van der Waals surface area contributed by atoms with Crippen LogP contribution in [-0.4, -0.2) is 32.8 Å². The van der Waals surface area contributed by atoms with Gasteiger partial charge in [0, 0.05) is 30.4 Å². The molecule has 0 fully saturated rings. The molecule has 0 unspecified atom stereocenters. The fourth-order valence-corrected chi connectivity index (χ4v) is 3.12. The summed E-state index contributed by atoms with van der Waals surface area (Å²) in [5, 5.41) is 2.67. The molecular formula is C18H18N4O2S. The van der Waals surface area contributed by atoms with E-state index in [1.165, 1.54) is 22.4 Å². The average Bonchev–Trinajstić information content (AvgIpc) is 3.15. The Bertz CT molecular complexity index is 932. The molecule has 2 aromatic heterocycles. The number of aromatic amines is 1. The number of H-pyrrole nitrogens is 1. The van der Waals surface area contributed by atoms with E-state index in [0.29, 0.717) is 5.82 Å². The molecule has 0 aliphatic rings. The summed E-state index contributed by atoms with van der Waals surface area (Å²) in [7, 11) is 1.65. The fourth-order valence-electron chi connectivity index (χ4n) is 2.38. The van der Waals surface area contributed by atoms with Crippen molar-refractivity contribution in [1.82, 2.24) is 19.9 Å². The minimum absolute atomic E-state index is 0.0155. The van der Waals surface area contributed by atoms with Crippen LogP contribution in [0.5, 0.6) is 0 Å². The number of carbonyl (C=O) groups excluding carboxylic acids is 1. The van der Waals surface area contributed by atoms with E-state index in [-0.39, 0.29) is 17.5 Å². The molecule has 1 aromatic carbocycles. The molecule has 0 saturated heterocycles. The highest BCUT2D eigenvalue weighted by Gasteiger charge is 2.23. The van der Waals surface area contributed by atoms with Gasteiger partial charge in [-0.25, -0.2) is 9.97 Å². The molecule has 3 aromatic rings. The zero-order valence-corrected chi connectivity index (χ0v) is 15.0. The lowest BCUT2D eigenvalue weighted by molar-refractivity contribution is 0.0740. The molecule has 0 bridgehead atoms. The van der Waals surface area contributed by atoms with Gasteiger partial charge < -0.3 is 9.88 Å². The van der Waals surface area contributed by atoms with Crippen molar-refractivity contribution in [2.24, 2.45) is 0 Å². The van der Waals surface area contributed by atoms with E-state index in [1.807, 2.05) is 43.5 Å². The molecule has 128 valence electrons. The van der Waals surface area contributed by atoms with Gasteiger partial charge in [-0.1, -0.05) is 29.8 Å². The van der Waals surface area contributed by atoms with E-state index in [0.717, 1.165) is 16.1 Å². The van der Waals surface area contributed by atoms with Crippen LogP contribution in [-0.2, 0) is 0 Å². The van der Waals surface area contributed by atoms with Gasteiger partial charge in [0.1, 0.15) is 16.4 Å². The Labute approximate surface area is 149 Å². The highest BCUT2D eigenvalue weighted by atomic mass is 32.1. The molecule has 7 heteroatoms. The Morgan fingerprint density at radius 1 is 1.24 bits per heavy atom. The predicted octanol–water partition coefficient (Wildman–Crippen LogP) is 3.04. The Kier molecular flexibility index (Phi) is 4.76. The van der Waals surface area contributed by atoms with Crippen LogP contribution in [0.25, 0.3) is 11.4 Å². The van der Waals surface area contributed by atoms with Crippen LogP contribution in [0.4, 0.5) is 0 Å². The molecule has 1 atom stereocenters. The predicted molar refractivity (Wildman–Crippen MR) is 97.7 cm³/mol. The number of aryl methyl sites for hydroxylation is 1. The zero-order chi connectivity index (χ0) is 18.0. The van der Waals surface area contributed by atoms with Gasteiger partial charge in [0.25, 0.3) is 11.5 Å². The smallest absolute Gasteiger partial charge is 0.264 e. The van der Waals surface area contributed by atoms with Gasteiger partial charge in [0.05, 0.1) is 6.04 Å². The van der Waals surface area contributed by atoms with Crippen LogP contribution in [0.3, 0.4) is 0 Å². The minimum atomic E-state index is -0.450. The summed E-state index contributed by atoms with van der Waals surface area (Å²) in [6.07, 6.45) is 3.03. The van der Waals surface area contributed by atoms with Crippen LogP contribution >= 0.6 is 11.3 Å². The normalized spacial score (nSPS) is 12.0. The third-order valence-corrected chi connectivity index (χ3v) is 5.01. The van der Waals surface area contributed by atoms with E-state index in [1.54, 1.807) is 13.2 Å². The van der Waals surface area contributed by atoms with Gasteiger partial charge in [-0.05, 0) is 13.8 Å². The van der Waals surface area contributed by atoms with Crippen LogP contribution in [0.1, 0.15) is 33.9 Å². The minimum Gasteiger partial charge on any atom is -0.332 e. The molecule has 1 amide bonds. The summed E-state index contributed by atoms with van der Waals surface area (Å²) in [6.45, 7) is 3.86.